The topological polar surface area (TPSA) is 61.3 Å². The largest absolute Gasteiger partial charge is 0.371 e. The molecule has 0 amide bonds. The van der Waals surface area contributed by atoms with Crippen LogP contribution in [0.2, 0.25) is 0 Å². The second kappa shape index (κ2) is 3.25. The first-order valence-electron chi connectivity index (χ1n) is 3.81. The summed E-state index contributed by atoms with van der Waals surface area (Å²) in [4.78, 5) is 0. The number of methoxy groups -OCH3 is 1. The average molecular weight is 170 g/mol. The molecule has 0 radical (unpaired) electrons. The highest BCUT2D eigenvalue weighted by atomic mass is 16.5. The fourth-order valence-electron chi connectivity index (χ4n) is 0.792. The summed E-state index contributed by atoms with van der Waals surface area (Å²) in [5.41, 5.74) is 5.70. The molecular weight excluding hydrogens is 156 g/mol. The predicted octanol–water partition coefficient (Wildman–Crippen LogP) is 1.01. The third-order valence-corrected chi connectivity index (χ3v) is 1.87. The second-order valence-electron chi connectivity index (χ2n) is 3.10. The van der Waals surface area contributed by atoms with E-state index in [4.69, 9.17) is 15.0 Å². The minimum Gasteiger partial charge on any atom is -0.371 e. The molecule has 0 aliphatic heterocycles. The maximum absolute atomic E-state index is 5.38. The standard InChI is InChI=1S/C8H14N2O2/c1-8(2,11-3)7-4-6(5-9)10-12-7/h4H,5,9H2,1-3H3. The molecule has 68 valence electrons. The third-order valence-electron chi connectivity index (χ3n) is 1.87. The molecule has 0 aromatic carbocycles. The number of ether oxygens (including phenoxy) is 1. The Kier molecular flexibility index (Phi) is 2.49. The Labute approximate surface area is 71.7 Å². The lowest BCUT2D eigenvalue weighted by Crippen LogP contribution is -2.18. The van der Waals surface area contributed by atoms with Gasteiger partial charge in [-0.2, -0.15) is 0 Å². The van der Waals surface area contributed by atoms with Crippen molar-refractivity contribution < 1.29 is 9.26 Å². The maximum atomic E-state index is 5.38. The molecule has 1 aromatic heterocycles. The molecule has 4 heteroatoms. The van der Waals surface area contributed by atoms with Gasteiger partial charge in [0.25, 0.3) is 0 Å². The first kappa shape index (κ1) is 9.22. The van der Waals surface area contributed by atoms with Crippen LogP contribution in [0.4, 0.5) is 0 Å². The zero-order valence-electron chi connectivity index (χ0n) is 7.63. The quantitative estimate of drug-likeness (QED) is 0.735. The normalized spacial score (nSPS) is 12.0. The molecule has 0 saturated heterocycles. The maximum Gasteiger partial charge on any atom is 0.168 e. The summed E-state index contributed by atoms with van der Waals surface area (Å²) in [5, 5.41) is 3.77. The molecule has 1 heterocycles. The van der Waals surface area contributed by atoms with Crippen molar-refractivity contribution in [2.24, 2.45) is 5.73 Å². The fraction of sp³-hybridized carbons (Fsp3) is 0.625. The van der Waals surface area contributed by atoms with Gasteiger partial charge in [0.2, 0.25) is 0 Å². The monoisotopic (exact) mass is 170 g/mol. The summed E-state index contributed by atoms with van der Waals surface area (Å²) in [5.74, 6) is 0.699. The Hall–Kier alpha value is -0.870. The van der Waals surface area contributed by atoms with Gasteiger partial charge in [0.1, 0.15) is 5.60 Å². The Balaban J connectivity index is 2.88. The van der Waals surface area contributed by atoms with Gasteiger partial charge in [-0.15, -0.1) is 0 Å². The van der Waals surface area contributed by atoms with Crippen LogP contribution in [0.5, 0.6) is 0 Å². The minimum absolute atomic E-state index is 0.392. The molecule has 4 nitrogen and oxygen atoms in total. The Morgan fingerprint density at radius 1 is 1.67 bits per heavy atom. The van der Waals surface area contributed by atoms with Gasteiger partial charge in [-0.3, -0.25) is 0 Å². The van der Waals surface area contributed by atoms with Crippen LogP contribution in [0, 0.1) is 0 Å². The number of hydrogen-bond acceptors (Lipinski definition) is 4. The van der Waals surface area contributed by atoms with Crippen LogP contribution >= 0.6 is 0 Å². The summed E-state index contributed by atoms with van der Waals surface area (Å²) in [6.45, 7) is 4.21. The third kappa shape index (κ3) is 1.65. The molecule has 2 N–H and O–H groups in total. The van der Waals surface area contributed by atoms with Crippen molar-refractivity contribution in [3.63, 3.8) is 0 Å². The van der Waals surface area contributed by atoms with Crippen LogP contribution in [0.25, 0.3) is 0 Å². The molecule has 0 saturated carbocycles. The molecule has 1 rings (SSSR count). The van der Waals surface area contributed by atoms with Crippen molar-refractivity contribution in [1.82, 2.24) is 5.16 Å². The summed E-state index contributed by atoms with van der Waals surface area (Å²) in [6, 6.07) is 1.81. The summed E-state index contributed by atoms with van der Waals surface area (Å²) < 4.78 is 10.3. The number of aromatic nitrogens is 1. The molecule has 0 bridgehead atoms. The van der Waals surface area contributed by atoms with Crippen LogP contribution in [0.15, 0.2) is 10.6 Å². The number of nitrogens with zero attached hydrogens (tertiary/aromatic N) is 1. The summed E-state index contributed by atoms with van der Waals surface area (Å²) in [6.07, 6.45) is 0. The van der Waals surface area contributed by atoms with E-state index in [0.717, 1.165) is 5.69 Å². The predicted molar refractivity (Wildman–Crippen MR) is 44.4 cm³/mol. The zero-order chi connectivity index (χ0) is 9.19. The molecule has 0 atom stereocenters. The van der Waals surface area contributed by atoms with Crippen molar-refractivity contribution in [2.75, 3.05) is 7.11 Å². The van der Waals surface area contributed by atoms with Crippen molar-refractivity contribution in [3.05, 3.63) is 17.5 Å². The van der Waals surface area contributed by atoms with Crippen molar-refractivity contribution >= 4 is 0 Å². The zero-order valence-corrected chi connectivity index (χ0v) is 7.63. The van der Waals surface area contributed by atoms with E-state index in [1.807, 2.05) is 19.9 Å². The molecule has 0 aliphatic rings. The Morgan fingerprint density at radius 2 is 2.33 bits per heavy atom. The first-order valence-corrected chi connectivity index (χ1v) is 3.81. The van der Waals surface area contributed by atoms with E-state index in [1.54, 1.807) is 7.11 Å². The number of rotatable bonds is 3. The lowest BCUT2D eigenvalue weighted by Gasteiger charge is -2.18. The molecular formula is C8H14N2O2. The van der Waals surface area contributed by atoms with Gasteiger partial charge < -0.3 is 15.0 Å². The van der Waals surface area contributed by atoms with Gasteiger partial charge in [-0.25, -0.2) is 0 Å². The molecule has 1 aromatic rings. The van der Waals surface area contributed by atoms with Crippen molar-refractivity contribution in [2.45, 2.75) is 26.0 Å². The highest BCUT2D eigenvalue weighted by Gasteiger charge is 2.24. The summed E-state index contributed by atoms with van der Waals surface area (Å²) in [7, 11) is 1.63. The van der Waals surface area contributed by atoms with E-state index in [9.17, 15) is 0 Å². The Bertz CT molecular complexity index is 255. The average Bonchev–Trinajstić information content (AvgIpc) is 2.52. The minimum atomic E-state index is -0.430. The van der Waals surface area contributed by atoms with E-state index in [-0.39, 0.29) is 0 Å². The smallest absolute Gasteiger partial charge is 0.168 e. The fourth-order valence-corrected chi connectivity index (χ4v) is 0.792. The molecule has 0 unspecified atom stereocenters. The molecule has 12 heavy (non-hydrogen) atoms. The summed E-state index contributed by atoms with van der Waals surface area (Å²) >= 11 is 0. The van der Waals surface area contributed by atoms with Crippen LogP contribution in [-0.2, 0) is 16.9 Å². The van der Waals surface area contributed by atoms with Gasteiger partial charge in [-0.1, -0.05) is 5.16 Å². The molecule has 0 fully saturated rings. The van der Waals surface area contributed by atoms with Crippen LogP contribution < -0.4 is 5.73 Å². The SMILES string of the molecule is COC(C)(C)c1cc(CN)no1. The van der Waals surface area contributed by atoms with Crippen LogP contribution in [0.3, 0.4) is 0 Å². The van der Waals surface area contributed by atoms with Gasteiger partial charge in [0, 0.05) is 19.7 Å². The highest BCUT2D eigenvalue weighted by molar-refractivity contribution is 5.10. The van der Waals surface area contributed by atoms with E-state index in [2.05, 4.69) is 5.16 Å². The van der Waals surface area contributed by atoms with E-state index in [1.165, 1.54) is 0 Å². The van der Waals surface area contributed by atoms with Gasteiger partial charge in [-0.05, 0) is 13.8 Å². The van der Waals surface area contributed by atoms with Gasteiger partial charge in [0.05, 0.1) is 5.69 Å². The lowest BCUT2D eigenvalue weighted by atomic mass is 10.1. The van der Waals surface area contributed by atoms with Crippen molar-refractivity contribution in [1.29, 1.82) is 0 Å². The van der Waals surface area contributed by atoms with E-state index >= 15 is 0 Å². The Morgan fingerprint density at radius 3 is 2.75 bits per heavy atom. The lowest BCUT2D eigenvalue weighted by molar-refractivity contribution is -0.00350. The van der Waals surface area contributed by atoms with Gasteiger partial charge >= 0.3 is 0 Å². The van der Waals surface area contributed by atoms with E-state index < -0.39 is 5.60 Å². The number of hydrogen-bond donors (Lipinski definition) is 1. The van der Waals surface area contributed by atoms with Crippen molar-refractivity contribution in [3.8, 4) is 0 Å². The second-order valence-corrected chi connectivity index (χ2v) is 3.10. The highest BCUT2D eigenvalue weighted by Crippen LogP contribution is 2.23. The number of nitrogens with two attached hydrogens (primary N) is 1. The first-order chi connectivity index (χ1) is 5.60. The molecule has 0 aliphatic carbocycles. The van der Waals surface area contributed by atoms with Gasteiger partial charge in [0.15, 0.2) is 5.76 Å². The van der Waals surface area contributed by atoms with Crippen LogP contribution in [-0.4, -0.2) is 12.3 Å². The molecule has 0 spiro atoms. The van der Waals surface area contributed by atoms with Crippen LogP contribution in [0.1, 0.15) is 25.3 Å². The van der Waals surface area contributed by atoms with E-state index in [0.29, 0.717) is 12.3 Å².